The highest BCUT2D eigenvalue weighted by Gasteiger charge is 2.48. The molecule has 1 amide bonds. The number of nitrogens with zero attached hydrogens (tertiary/aromatic N) is 4. The molecule has 0 radical (unpaired) electrons. The van der Waals surface area contributed by atoms with Crippen LogP contribution in [0.25, 0.3) is 0 Å². The molecule has 1 saturated heterocycles. The quantitative estimate of drug-likeness (QED) is 0.514. The molecule has 2 aliphatic rings. The van der Waals surface area contributed by atoms with Crippen molar-refractivity contribution in [2.75, 3.05) is 34.3 Å². The van der Waals surface area contributed by atoms with Gasteiger partial charge < -0.3 is 19.1 Å². The Kier molecular flexibility index (Phi) is 7.96. The molecule has 1 aromatic carbocycles. The van der Waals surface area contributed by atoms with Gasteiger partial charge in [-0.25, -0.2) is 8.42 Å². The van der Waals surface area contributed by atoms with E-state index in [0.717, 1.165) is 32.4 Å². The van der Waals surface area contributed by atoms with Gasteiger partial charge in [-0.2, -0.15) is 4.98 Å². The number of amides is 1. The summed E-state index contributed by atoms with van der Waals surface area (Å²) in [6, 6.07) is 3.51. The fourth-order valence-corrected chi connectivity index (χ4v) is 8.55. The van der Waals surface area contributed by atoms with E-state index in [1.54, 1.807) is 33.1 Å². The molecule has 1 atom stereocenters. The Hall–Kier alpha value is -2.46. The van der Waals surface area contributed by atoms with Crippen LogP contribution in [0.5, 0.6) is 5.75 Å². The van der Waals surface area contributed by atoms with Gasteiger partial charge in [0.05, 0.1) is 12.0 Å². The molecule has 38 heavy (non-hydrogen) atoms. The third kappa shape index (κ3) is 5.91. The second kappa shape index (κ2) is 10.6. The van der Waals surface area contributed by atoms with Crippen molar-refractivity contribution in [3.8, 4) is 5.75 Å². The molecule has 1 spiro atoms. The van der Waals surface area contributed by atoms with Gasteiger partial charge in [0.2, 0.25) is 11.8 Å². The second-order valence-corrected chi connectivity index (χ2v) is 14.1. The summed E-state index contributed by atoms with van der Waals surface area (Å²) in [4.78, 5) is 22.0. The van der Waals surface area contributed by atoms with E-state index in [0.29, 0.717) is 22.3 Å². The summed E-state index contributed by atoms with van der Waals surface area (Å²) in [5.41, 5.74) is 1.57. The second-order valence-electron chi connectivity index (χ2n) is 12.2. The first-order chi connectivity index (χ1) is 17.7. The number of likely N-dealkylation sites (tertiary alicyclic amines) is 1. The molecule has 1 aliphatic heterocycles. The van der Waals surface area contributed by atoms with E-state index in [2.05, 4.69) is 35.9 Å². The summed E-state index contributed by atoms with van der Waals surface area (Å²) in [6.45, 7) is 10.3. The minimum absolute atomic E-state index is 0.000732. The zero-order chi connectivity index (χ0) is 27.9. The normalized spacial score (nSPS) is 21.4. The van der Waals surface area contributed by atoms with Crippen LogP contribution in [0.1, 0.15) is 68.8 Å². The summed E-state index contributed by atoms with van der Waals surface area (Å²) >= 11 is 0. The number of aryl methyl sites for hydroxylation is 2. The van der Waals surface area contributed by atoms with Crippen molar-refractivity contribution in [3.05, 3.63) is 35.0 Å². The molecule has 9 nitrogen and oxygen atoms in total. The standard InChI is InChI=1S/C28H42N4O5S/c1-19-14-21(36-7)15-20(2)26(19)38(34,35)17-23-29-24(37-30-23)16-25(33)32(6)22-8-9-28(18-27(22,3)4)10-12-31(5)13-11-28/h14-15,22H,8-13,16-18H2,1-7H3. The molecule has 0 N–H and O–H groups in total. The van der Waals surface area contributed by atoms with Crippen LogP contribution >= 0.6 is 0 Å². The van der Waals surface area contributed by atoms with Gasteiger partial charge in [0, 0.05) is 13.1 Å². The summed E-state index contributed by atoms with van der Waals surface area (Å²) in [5, 5.41) is 3.87. The van der Waals surface area contributed by atoms with Crippen molar-refractivity contribution < 1.29 is 22.5 Å². The van der Waals surface area contributed by atoms with E-state index in [9.17, 15) is 13.2 Å². The molecule has 2 aromatic rings. The van der Waals surface area contributed by atoms with E-state index in [1.807, 2.05) is 11.9 Å². The minimum Gasteiger partial charge on any atom is -0.497 e. The fourth-order valence-electron chi connectivity index (χ4n) is 6.85. The molecule has 4 rings (SSSR count). The van der Waals surface area contributed by atoms with E-state index in [1.165, 1.54) is 12.8 Å². The van der Waals surface area contributed by atoms with Crippen molar-refractivity contribution in [2.45, 2.75) is 82.9 Å². The maximum Gasteiger partial charge on any atom is 0.236 e. The molecule has 1 saturated carbocycles. The van der Waals surface area contributed by atoms with Gasteiger partial charge in [0.15, 0.2) is 15.7 Å². The Bertz CT molecular complexity index is 1250. The highest BCUT2D eigenvalue weighted by Crippen LogP contribution is 2.52. The van der Waals surface area contributed by atoms with E-state index < -0.39 is 15.6 Å². The SMILES string of the molecule is COc1cc(C)c(S(=O)(=O)Cc2noc(CC(=O)N(C)C3CCC4(CCN(C)CC4)CC3(C)C)n2)c(C)c1. The molecular weight excluding hydrogens is 504 g/mol. The molecule has 2 heterocycles. The maximum absolute atomic E-state index is 13.2. The molecule has 2 fully saturated rings. The molecule has 0 bridgehead atoms. The topological polar surface area (TPSA) is 106 Å². The Labute approximate surface area is 226 Å². The zero-order valence-electron chi connectivity index (χ0n) is 23.8. The van der Waals surface area contributed by atoms with Gasteiger partial charge in [-0.15, -0.1) is 0 Å². The first-order valence-electron chi connectivity index (χ1n) is 13.4. The number of rotatable bonds is 7. The fraction of sp³-hybridized carbons (Fsp3) is 0.679. The largest absolute Gasteiger partial charge is 0.497 e. The van der Waals surface area contributed by atoms with Crippen LogP contribution < -0.4 is 4.74 Å². The number of hydrogen-bond acceptors (Lipinski definition) is 8. The Balaban J connectivity index is 1.40. The number of benzene rings is 1. The number of methoxy groups -OCH3 is 1. The van der Waals surface area contributed by atoms with Crippen molar-refractivity contribution in [2.24, 2.45) is 10.8 Å². The lowest BCUT2D eigenvalue weighted by molar-refractivity contribution is -0.137. The van der Waals surface area contributed by atoms with Gasteiger partial charge in [-0.1, -0.05) is 19.0 Å². The predicted octanol–water partition coefficient (Wildman–Crippen LogP) is 3.96. The van der Waals surface area contributed by atoms with Crippen LogP contribution in [0.15, 0.2) is 21.6 Å². The number of sulfone groups is 1. The smallest absolute Gasteiger partial charge is 0.236 e. The molecule has 10 heteroatoms. The number of carbonyl (C=O) groups excluding carboxylic acids is 1. The molecular formula is C28H42N4O5S. The Morgan fingerprint density at radius 3 is 2.39 bits per heavy atom. The van der Waals surface area contributed by atoms with Gasteiger partial charge in [-0.3, -0.25) is 4.79 Å². The van der Waals surface area contributed by atoms with Crippen LogP contribution in [0.2, 0.25) is 0 Å². The Morgan fingerprint density at radius 1 is 1.18 bits per heavy atom. The average Bonchev–Trinajstić information content (AvgIpc) is 3.25. The van der Waals surface area contributed by atoms with Gasteiger partial charge in [0.1, 0.15) is 17.9 Å². The highest BCUT2D eigenvalue weighted by molar-refractivity contribution is 7.90. The third-order valence-corrected chi connectivity index (χ3v) is 10.6. The van der Waals surface area contributed by atoms with Crippen LogP contribution in [-0.4, -0.2) is 74.6 Å². The lowest BCUT2D eigenvalue weighted by Gasteiger charge is -2.54. The first-order valence-corrected chi connectivity index (χ1v) is 15.0. The number of carbonyl (C=O) groups is 1. The summed E-state index contributed by atoms with van der Waals surface area (Å²) in [7, 11) is 1.87. The van der Waals surface area contributed by atoms with E-state index >= 15 is 0 Å². The summed E-state index contributed by atoms with van der Waals surface area (Å²) in [5.74, 6) is 0.290. The number of aromatic nitrogens is 2. The average molecular weight is 547 g/mol. The van der Waals surface area contributed by atoms with Crippen molar-refractivity contribution >= 4 is 15.7 Å². The number of likely N-dealkylation sites (N-methyl/N-ethyl adjacent to an activating group) is 1. The predicted molar refractivity (Wildman–Crippen MR) is 145 cm³/mol. The van der Waals surface area contributed by atoms with Crippen LogP contribution in [0.4, 0.5) is 0 Å². The van der Waals surface area contributed by atoms with E-state index in [4.69, 9.17) is 9.26 Å². The minimum atomic E-state index is -3.72. The third-order valence-electron chi connectivity index (χ3n) is 8.70. The highest BCUT2D eigenvalue weighted by atomic mass is 32.2. The molecule has 1 aliphatic carbocycles. The zero-order valence-corrected chi connectivity index (χ0v) is 24.7. The molecule has 210 valence electrons. The van der Waals surface area contributed by atoms with Crippen molar-refractivity contribution in [1.29, 1.82) is 0 Å². The van der Waals surface area contributed by atoms with Crippen LogP contribution in [-0.2, 0) is 26.8 Å². The summed E-state index contributed by atoms with van der Waals surface area (Å²) in [6.07, 6.45) is 5.63. The number of piperidine rings is 1. The van der Waals surface area contributed by atoms with Crippen LogP contribution in [0.3, 0.4) is 0 Å². The molecule has 1 aromatic heterocycles. The van der Waals surface area contributed by atoms with E-state index in [-0.39, 0.29) is 40.4 Å². The van der Waals surface area contributed by atoms with Crippen molar-refractivity contribution in [3.63, 3.8) is 0 Å². The van der Waals surface area contributed by atoms with Gasteiger partial charge in [0.25, 0.3) is 0 Å². The Morgan fingerprint density at radius 2 is 1.82 bits per heavy atom. The number of hydrogen-bond donors (Lipinski definition) is 0. The van der Waals surface area contributed by atoms with Gasteiger partial charge >= 0.3 is 0 Å². The van der Waals surface area contributed by atoms with Crippen LogP contribution in [0, 0.1) is 24.7 Å². The van der Waals surface area contributed by atoms with Crippen molar-refractivity contribution in [1.82, 2.24) is 19.9 Å². The summed E-state index contributed by atoms with van der Waals surface area (Å²) < 4.78 is 36.9. The monoisotopic (exact) mass is 546 g/mol. The first kappa shape index (κ1) is 28.5. The maximum atomic E-state index is 13.2. The lowest BCUT2D eigenvalue weighted by Crippen LogP contribution is -2.54. The number of ether oxygens (including phenoxy) is 1. The molecule has 1 unspecified atom stereocenters. The van der Waals surface area contributed by atoms with Gasteiger partial charge in [-0.05, 0) is 100 Å². The lowest BCUT2D eigenvalue weighted by atomic mass is 9.57.